The first-order valence-corrected chi connectivity index (χ1v) is 8.72. The summed E-state index contributed by atoms with van der Waals surface area (Å²) in [5, 5.41) is 19.1. The summed E-state index contributed by atoms with van der Waals surface area (Å²) in [5.74, 6) is -0.0136. The van der Waals surface area contributed by atoms with Crippen molar-refractivity contribution in [1.82, 2.24) is 9.88 Å². The molecular weight excluding hydrogens is 332 g/mol. The molecule has 26 heavy (non-hydrogen) atoms. The first kappa shape index (κ1) is 16.8. The zero-order valence-electron chi connectivity index (χ0n) is 14.8. The van der Waals surface area contributed by atoms with Gasteiger partial charge in [-0.05, 0) is 42.8 Å². The Hall–Kier alpha value is -2.60. The molecule has 0 radical (unpaired) electrons. The maximum atomic E-state index is 11.1. The van der Waals surface area contributed by atoms with Crippen LogP contribution in [0.5, 0.6) is 11.5 Å². The van der Waals surface area contributed by atoms with Gasteiger partial charge in [-0.1, -0.05) is 13.0 Å². The molecule has 0 saturated carbocycles. The van der Waals surface area contributed by atoms with E-state index in [0.29, 0.717) is 18.4 Å². The topological polar surface area (TPSA) is 82.9 Å². The lowest BCUT2D eigenvalue weighted by atomic mass is 9.65. The zero-order valence-corrected chi connectivity index (χ0v) is 14.8. The molecule has 0 unspecified atom stereocenters. The molecule has 1 aromatic carbocycles. The van der Waals surface area contributed by atoms with E-state index in [1.54, 1.807) is 12.3 Å². The lowest BCUT2D eigenvalue weighted by molar-refractivity contribution is 0.0695. The van der Waals surface area contributed by atoms with Crippen molar-refractivity contribution in [1.29, 1.82) is 0 Å². The van der Waals surface area contributed by atoms with Gasteiger partial charge >= 0.3 is 5.97 Å². The molecule has 136 valence electrons. The molecule has 0 spiro atoms. The molecule has 0 amide bonds. The fraction of sp³-hybridized carbons (Fsp3) is 0.400. The Labute approximate surface area is 152 Å². The lowest BCUT2D eigenvalue weighted by Crippen LogP contribution is -2.43. The number of aromatic carboxylic acids is 1. The van der Waals surface area contributed by atoms with Crippen molar-refractivity contribution in [3.8, 4) is 11.5 Å². The number of phenols is 1. The highest BCUT2D eigenvalue weighted by atomic mass is 16.5. The van der Waals surface area contributed by atoms with E-state index in [4.69, 9.17) is 9.84 Å². The van der Waals surface area contributed by atoms with Crippen molar-refractivity contribution in [3.63, 3.8) is 0 Å². The van der Waals surface area contributed by atoms with Gasteiger partial charge in [0.2, 0.25) is 0 Å². The van der Waals surface area contributed by atoms with Crippen LogP contribution in [0.3, 0.4) is 0 Å². The van der Waals surface area contributed by atoms with Gasteiger partial charge in [0.05, 0.1) is 18.4 Å². The molecule has 1 aliphatic carbocycles. The minimum atomic E-state index is -1.02. The Morgan fingerprint density at radius 2 is 2.19 bits per heavy atom. The van der Waals surface area contributed by atoms with Crippen LogP contribution in [-0.4, -0.2) is 52.3 Å². The Morgan fingerprint density at radius 1 is 1.38 bits per heavy atom. The van der Waals surface area contributed by atoms with Crippen molar-refractivity contribution < 1.29 is 19.7 Å². The number of ether oxygens (including phenoxy) is 1. The highest BCUT2D eigenvalue weighted by Crippen LogP contribution is 2.49. The Kier molecular flexibility index (Phi) is 3.88. The number of pyridine rings is 1. The number of hydrogen-bond donors (Lipinski definition) is 2. The van der Waals surface area contributed by atoms with Gasteiger partial charge in [-0.15, -0.1) is 0 Å². The van der Waals surface area contributed by atoms with Crippen molar-refractivity contribution in [2.45, 2.75) is 24.8 Å². The largest absolute Gasteiger partial charge is 0.508 e. The van der Waals surface area contributed by atoms with E-state index in [-0.39, 0.29) is 22.6 Å². The van der Waals surface area contributed by atoms with Crippen LogP contribution in [0.25, 0.3) is 0 Å². The number of aromatic hydroxyl groups is 1. The number of aromatic nitrogens is 1. The predicted octanol–water partition coefficient (Wildman–Crippen LogP) is 2.31. The summed E-state index contributed by atoms with van der Waals surface area (Å²) in [6, 6.07) is 7.51. The third-order valence-corrected chi connectivity index (χ3v) is 5.95. The van der Waals surface area contributed by atoms with Gasteiger partial charge in [0.15, 0.2) is 0 Å². The molecule has 2 N–H and O–H groups in total. The van der Waals surface area contributed by atoms with Crippen LogP contribution in [0.15, 0.2) is 36.7 Å². The minimum Gasteiger partial charge on any atom is -0.508 e. The standard InChI is InChI=1S/C20H22N2O4/c1-20-11-22(2)18(6-12-3-4-14(23)7-16(12)20)17(20)10-26-15-5-13(19(24)25)8-21-9-15/h3-5,7-9,17-18,23H,6,10-11H2,1-2H3,(H,24,25)/t17-,18-,20+/m1/s1. The molecule has 4 rings (SSSR count). The van der Waals surface area contributed by atoms with E-state index >= 15 is 0 Å². The van der Waals surface area contributed by atoms with Crippen LogP contribution in [0.1, 0.15) is 28.4 Å². The lowest BCUT2D eigenvalue weighted by Gasteiger charge is -2.39. The SMILES string of the molecule is CN1C[C@@]2(C)c3cc(O)ccc3C[C@@H]1[C@H]2COc1cncc(C(=O)O)c1. The number of hydrogen-bond acceptors (Lipinski definition) is 5. The third kappa shape index (κ3) is 2.61. The van der Waals surface area contributed by atoms with Crippen molar-refractivity contribution in [3.05, 3.63) is 53.3 Å². The fourth-order valence-corrected chi connectivity index (χ4v) is 4.66. The molecule has 6 nitrogen and oxygen atoms in total. The van der Waals surface area contributed by atoms with E-state index in [0.717, 1.165) is 13.0 Å². The summed E-state index contributed by atoms with van der Waals surface area (Å²) < 4.78 is 5.96. The van der Waals surface area contributed by atoms with E-state index in [1.807, 2.05) is 12.1 Å². The maximum Gasteiger partial charge on any atom is 0.337 e. The van der Waals surface area contributed by atoms with Crippen LogP contribution in [0.4, 0.5) is 0 Å². The second-order valence-corrected chi connectivity index (χ2v) is 7.58. The number of rotatable bonds is 4. The fourth-order valence-electron chi connectivity index (χ4n) is 4.66. The molecule has 1 aliphatic heterocycles. The molecule has 2 bridgehead atoms. The molecule has 1 saturated heterocycles. The number of carboxylic acid groups (broad SMARTS) is 1. The first-order valence-electron chi connectivity index (χ1n) is 8.72. The molecular formula is C20H22N2O4. The second-order valence-electron chi connectivity index (χ2n) is 7.58. The smallest absolute Gasteiger partial charge is 0.337 e. The Bertz CT molecular complexity index is 869. The maximum absolute atomic E-state index is 11.1. The van der Waals surface area contributed by atoms with Gasteiger partial charge < -0.3 is 19.8 Å². The number of carbonyl (C=O) groups is 1. The predicted molar refractivity (Wildman–Crippen MR) is 95.8 cm³/mol. The van der Waals surface area contributed by atoms with Crippen molar-refractivity contribution in [2.75, 3.05) is 20.2 Å². The minimum absolute atomic E-state index is 0.118. The zero-order chi connectivity index (χ0) is 18.5. The summed E-state index contributed by atoms with van der Waals surface area (Å²) in [6.45, 7) is 3.60. The molecule has 1 fully saturated rings. The summed E-state index contributed by atoms with van der Waals surface area (Å²) in [5.41, 5.74) is 2.46. The van der Waals surface area contributed by atoms with Crippen LogP contribution in [0, 0.1) is 5.92 Å². The Balaban J connectivity index is 1.61. The molecule has 2 heterocycles. The number of likely N-dealkylation sites (tertiary alicyclic amines) is 1. The van der Waals surface area contributed by atoms with Gasteiger partial charge in [-0.3, -0.25) is 4.98 Å². The average molecular weight is 354 g/mol. The summed E-state index contributed by atoms with van der Waals surface area (Å²) in [7, 11) is 2.13. The van der Waals surface area contributed by atoms with Gasteiger partial charge in [0, 0.05) is 30.1 Å². The molecule has 1 aromatic heterocycles. The molecule has 3 atom stereocenters. The van der Waals surface area contributed by atoms with Gasteiger partial charge in [0.1, 0.15) is 11.5 Å². The van der Waals surface area contributed by atoms with Crippen molar-refractivity contribution in [2.24, 2.45) is 5.92 Å². The summed E-state index contributed by atoms with van der Waals surface area (Å²) >= 11 is 0. The van der Waals surface area contributed by atoms with E-state index in [1.165, 1.54) is 23.4 Å². The average Bonchev–Trinajstić information content (AvgIpc) is 2.78. The third-order valence-electron chi connectivity index (χ3n) is 5.95. The number of benzene rings is 1. The van der Waals surface area contributed by atoms with E-state index in [2.05, 4.69) is 23.9 Å². The molecule has 2 aromatic rings. The van der Waals surface area contributed by atoms with Crippen LogP contribution in [-0.2, 0) is 11.8 Å². The van der Waals surface area contributed by atoms with Gasteiger partial charge in [-0.25, -0.2) is 4.79 Å². The van der Waals surface area contributed by atoms with Gasteiger partial charge in [0.25, 0.3) is 0 Å². The summed E-state index contributed by atoms with van der Waals surface area (Å²) in [4.78, 5) is 17.4. The normalized spacial score (nSPS) is 27.2. The number of carboxylic acids is 1. The highest BCUT2D eigenvalue weighted by Gasteiger charge is 2.53. The van der Waals surface area contributed by atoms with Crippen molar-refractivity contribution >= 4 is 5.97 Å². The second kappa shape index (κ2) is 5.99. The monoisotopic (exact) mass is 354 g/mol. The number of nitrogens with zero attached hydrogens (tertiary/aromatic N) is 2. The Morgan fingerprint density at radius 3 is 2.96 bits per heavy atom. The van der Waals surface area contributed by atoms with Crippen LogP contribution >= 0.6 is 0 Å². The number of likely N-dealkylation sites (N-methyl/N-ethyl adjacent to an activating group) is 1. The molecule has 6 heteroatoms. The van der Waals surface area contributed by atoms with Crippen LogP contribution < -0.4 is 4.74 Å². The van der Waals surface area contributed by atoms with E-state index in [9.17, 15) is 9.90 Å². The highest BCUT2D eigenvalue weighted by molar-refractivity contribution is 5.87. The quantitative estimate of drug-likeness (QED) is 0.877. The first-order chi connectivity index (χ1) is 12.4. The number of fused-ring (bicyclic) bond motifs is 4. The van der Waals surface area contributed by atoms with Gasteiger partial charge in [-0.2, -0.15) is 0 Å². The van der Waals surface area contributed by atoms with E-state index < -0.39 is 5.97 Å². The number of phenolic OH excluding ortho intramolecular Hbond substituents is 1. The van der Waals surface area contributed by atoms with Crippen LogP contribution in [0.2, 0.25) is 0 Å². The summed E-state index contributed by atoms with van der Waals surface area (Å²) in [6.07, 6.45) is 3.78. The molecule has 2 aliphatic rings.